The van der Waals surface area contributed by atoms with Gasteiger partial charge in [-0.1, -0.05) is 18.2 Å². The van der Waals surface area contributed by atoms with Crippen LogP contribution in [0.1, 0.15) is 23.6 Å². The second-order valence-electron chi connectivity index (χ2n) is 5.99. The standard InChI is InChI=1S/C19H16FN3O2/c1-23-17(24)10-16(18(23)13-5-7-14(20)8-6-13)19(25)22-15-4-2-3-12(9-15)11-21/h2-9,16,18H,10H2,1H3,(H,22,25)/t16-,18+/m1/s1. The molecule has 5 nitrogen and oxygen atoms in total. The van der Waals surface area contributed by atoms with Gasteiger partial charge >= 0.3 is 0 Å². The molecule has 0 unspecified atom stereocenters. The predicted octanol–water partition coefficient (Wildman–Crippen LogP) is 2.86. The third kappa shape index (κ3) is 3.36. The van der Waals surface area contributed by atoms with Crippen molar-refractivity contribution in [1.82, 2.24) is 4.90 Å². The van der Waals surface area contributed by atoms with Gasteiger partial charge in [0.15, 0.2) is 0 Å². The molecule has 0 spiro atoms. The quantitative estimate of drug-likeness (QED) is 0.936. The molecule has 0 saturated carbocycles. The zero-order valence-electron chi connectivity index (χ0n) is 13.6. The number of rotatable bonds is 3. The van der Waals surface area contributed by atoms with Gasteiger partial charge in [-0.3, -0.25) is 9.59 Å². The fourth-order valence-electron chi connectivity index (χ4n) is 3.12. The summed E-state index contributed by atoms with van der Waals surface area (Å²) in [5.74, 6) is -1.40. The molecule has 2 atom stereocenters. The molecular formula is C19H16FN3O2. The molecule has 1 fully saturated rings. The monoisotopic (exact) mass is 337 g/mol. The summed E-state index contributed by atoms with van der Waals surface area (Å²) in [6.07, 6.45) is 0.0856. The molecule has 1 saturated heterocycles. The average molecular weight is 337 g/mol. The van der Waals surface area contributed by atoms with Gasteiger partial charge < -0.3 is 10.2 Å². The van der Waals surface area contributed by atoms with Crippen molar-refractivity contribution >= 4 is 17.5 Å². The highest BCUT2D eigenvalue weighted by Gasteiger charge is 2.42. The Hall–Kier alpha value is -3.20. The molecule has 1 aliphatic rings. The third-order valence-corrected chi connectivity index (χ3v) is 4.39. The van der Waals surface area contributed by atoms with Crippen molar-refractivity contribution in [2.24, 2.45) is 5.92 Å². The second kappa shape index (κ2) is 6.73. The van der Waals surface area contributed by atoms with Crippen molar-refractivity contribution in [3.8, 4) is 6.07 Å². The van der Waals surface area contributed by atoms with Gasteiger partial charge in [-0.25, -0.2) is 4.39 Å². The number of halogens is 1. The van der Waals surface area contributed by atoms with E-state index in [9.17, 15) is 14.0 Å². The van der Waals surface area contributed by atoms with Crippen LogP contribution < -0.4 is 5.32 Å². The van der Waals surface area contributed by atoms with E-state index in [-0.39, 0.29) is 24.1 Å². The number of nitrogens with one attached hydrogen (secondary N) is 1. The van der Waals surface area contributed by atoms with Gasteiger partial charge in [0, 0.05) is 19.2 Å². The Kier molecular flexibility index (Phi) is 4.48. The lowest BCUT2D eigenvalue weighted by Crippen LogP contribution is -2.30. The number of hydrogen-bond acceptors (Lipinski definition) is 3. The maximum Gasteiger partial charge on any atom is 0.230 e. The average Bonchev–Trinajstić information content (AvgIpc) is 2.91. The van der Waals surface area contributed by atoms with Crippen molar-refractivity contribution in [2.75, 3.05) is 12.4 Å². The number of likely N-dealkylation sites (tertiary alicyclic amines) is 1. The van der Waals surface area contributed by atoms with Crippen LogP contribution in [0.3, 0.4) is 0 Å². The van der Waals surface area contributed by atoms with E-state index < -0.39 is 12.0 Å². The van der Waals surface area contributed by atoms with Gasteiger partial charge in [0.2, 0.25) is 11.8 Å². The molecule has 0 bridgehead atoms. The minimum atomic E-state index is -0.589. The highest BCUT2D eigenvalue weighted by molar-refractivity contribution is 5.98. The van der Waals surface area contributed by atoms with Crippen LogP contribution in [0.15, 0.2) is 48.5 Å². The zero-order chi connectivity index (χ0) is 18.0. The molecule has 126 valence electrons. The van der Waals surface area contributed by atoms with Gasteiger partial charge in [0.1, 0.15) is 5.82 Å². The molecule has 1 aliphatic heterocycles. The van der Waals surface area contributed by atoms with Gasteiger partial charge in [0.05, 0.1) is 23.6 Å². The number of carbonyl (C=O) groups excluding carboxylic acids is 2. The van der Waals surface area contributed by atoms with Crippen LogP contribution in [0.25, 0.3) is 0 Å². The lowest BCUT2D eigenvalue weighted by atomic mass is 9.92. The minimum Gasteiger partial charge on any atom is -0.338 e. The predicted molar refractivity (Wildman–Crippen MR) is 89.8 cm³/mol. The zero-order valence-corrected chi connectivity index (χ0v) is 13.6. The lowest BCUT2D eigenvalue weighted by Gasteiger charge is -2.25. The van der Waals surface area contributed by atoms with E-state index >= 15 is 0 Å². The highest BCUT2D eigenvalue weighted by atomic mass is 19.1. The Morgan fingerprint density at radius 1 is 1.28 bits per heavy atom. The molecule has 0 aromatic heterocycles. The van der Waals surface area contributed by atoms with E-state index in [1.54, 1.807) is 43.4 Å². The molecule has 2 aromatic carbocycles. The van der Waals surface area contributed by atoms with Crippen molar-refractivity contribution in [1.29, 1.82) is 5.26 Å². The maximum atomic E-state index is 13.2. The number of amides is 2. The first kappa shape index (κ1) is 16.7. The number of anilines is 1. The van der Waals surface area contributed by atoms with Gasteiger partial charge in [0.25, 0.3) is 0 Å². The van der Waals surface area contributed by atoms with E-state index in [4.69, 9.17) is 5.26 Å². The van der Waals surface area contributed by atoms with Crippen molar-refractivity contribution in [3.05, 3.63) is 65.5 Å². The summed E-state index contributed by atoms with van der Waals surface area (Å²) >= 11 is 0. The number of carbonyl (C=O) groups is 2. The summed E-state index contributed by atoms with van der Waals surface area (Å²) in [4.78, 5) is 26.3. The Morgan fingerprint density at radius 3 is 2.68 bits per heavy atom. The maximum absolute atomic E-state index is 13.2. The Labute approximate surface area is 144 Å². The van der Waals surface area contributed by atoms with Gasteiger partial charge in [-0.15, -0.1) is 0 Å². The fourth-order valence-corrected chi connectivity index (χ4v) is 3.12. The van der Waals surface area contributed by atoms with Crippen LogP contribution in [0, 0.1) is 23.1 Å². The Morgan fingerprint density at radius 2 is 2.00 bits per heavy atom. The van der Waals surface area contributed by atoms with Gasteiger partial charge in [-0.2, -0.15) is 5.26 Å². The molecular weight excluding hydrogens is 321 g/mol. The van der Waals surface area contributed by atoms with Gasteiger partial charge in [-0.05, 0) is 35.9 Å². The van der Waals surface area contributed by atoms with Crippen LogP contribution in [0.4, 0.5) is 10.1 Å². The molecule has 1 N–H and O–H groups in total. The van der Waals surface area contributed by atoms with Crippen LogP contribution in [-0.2, 0) is 9.59 Å². The third-order valence-electron chi connectivity index (χ3n) is 4.39. The minimum absolute atomic E-state index is 0.0856. The van der Waals surface area contributed by atoms with Crippen LogP contribution in [-0.4, -0.2) is 23.8 Å². The molecule has 6 heteroatoms. The van der Waals surface area contributed by atoms with E-state index in [1.807, 2.05) is 6.07 Å². The van der Waals surface area contributed by atoms with Crippen LogP contribution >= 0.6 is 0 Å². The second-order valence-corrected chi connectivity index (χ2v) is 5.99. The number of nitriles is 1. The summed E-state index contributed by atoms with van der Waals surface area (Å²) in [5, 5.41) is 11.7. The van der Waals surface area contributed by atoms with Crippen molar-refractivity contribution < 1.29 is 14.0 Å². The molecule has 2 amide bonds. The normalized spacial score (nSPS) is 19.6. The smallest absolute Gasteiger partial charge is 0.230 e. The summed E-state index contributed by atoms with van der Waals surface area (Å²) < 4.78 is 13.2. The van der Waals surface area contributed by atoms with E-state index in [2.05, 4.69) is 5.32 Å². The first-order valence-electron chi connectivity index (χ1n) is 7.82. The van der Waals surface area contributed by atoms with E-state index in [0.29, 0.717) is 16.8 Å². The molecule has 0 radical (unpaired) electrons. The number of hydrogen-bond donors (Lipinski definition) is 1. The van der Waals surface area contributed by atoms with E-state index in [1.165, 1.54) is 17.0 Å². The molecule has 2 aromatic rings. The molecule has 25 heavy (non-hydrogen) atoms. The SMILES string of the molecule is CN1C(=O)C[C@@H](C(=O)Nc2cccc(C#N)c2)[C@@H]1c1ccc(F)cc1. The summed E-state index contributed by atoms with van der Waals surface area (Å²) in [6, 6.07) is 14.0. The number of benzene rings is 2. The topological polar surface area (TPSA) is 73.2 Å². The highest BCUT2D eigenvalue weighted by Crippen LogP contribution is 2.37. The Bertz CT molecular complexity index is 858. The number of nitrogens with zero attached hydrogens (tertiary/aromatic N) is 2. The van der Waals surface area contributed by atoms with Crippen LogP contribution in [0.2, 0.25) is 0 Å². The van der Waals surface area contributed by atoms with Crippen LogP contribution in [0.5, 0.6) is 0 Å². The molecule has 1 heterocycles. The summed E-state index contributed by atoms with van der Waals surface area (Å²) in [7, 11) is 1.64. The summed E-state index contributed by atoms with van der Waals surface area (Å²) in [5.41, 5.74) is 1.65. The van der Waals surface area contributed by atoms with E-state index in [0.717, 1.165) is 0 Å². The molecule has 0 aliphatic carbocycles. The summed E-state index contributed by atoms with van der Waals surface area (Å²) in [6.45, 7) is 0. The van der Waals surface area contributed by atoms with Crippen molar-refractivity contribution in [2.45, 2.75) is 12.5 Å². The van der Waals surface area contributed by atoms with Crippen molar-refractivity contribution in [3.63, 3.8) is 0 Å². The first-order chi connectivity index (χ1) is 12.0. The lowest BCUT2D eigenvalue weighted by molar-refractivity contribution is -0.127. The first-order valence-corrected chi connectivity index (χ1v) is 7.82. The fraction of sp³-hybridized carbons (Fsp3) is 0.211. The largest absolute Gasteiger partial charge is 0.338 e. The molecule has 3 rings (SSSR count). The Balaban J connectivity index is 1.85.